The summed E-state index contributed by atoms with van der Waals surface area (Å²) in [5, 5.41) is 15.8. The third-order valence-corrected chi connectivity index (χ3v) is 17.8. The maximum absolute atomic E-state index is 2.56. The summed E-state index contributed by atoms with van der Waals surface area (Å²) in [6, 6.07) is 65.0. The monoisotopic (exact) mass is 864 g/mol. The average Bonchev–Trinajstić information content (AvgIpc) is 3.28. The van der Waals surface area contributed by atoms with Gasteiger partial charge in [0.2, 0.25) is 0 Å². The third-order valence-electron chi connectivity index (χ3n) is 13.6. The first-order chi connectivity index (χ1) is 30.7. The molecule has 0 N–H and O–H groups in total. The SMILES string of the molecule is CC(C)c1cc(N(c2ccc([Si](C)(C)C)cc2)c2cccc3ccccc23)c2ccc3c(C(C)C)cc(N(c4ccc([Si](C)(C)C)cc4)c4cccc5ccccc45)c4ccc1c2c34. The van der Waals surface area contributed by atoms with Gasteiger partial charge in [0, 0.05) is 32.9 Å². The third kappa shape index (κ3) is 7.08. The first kappa shape index (κ1) is 41.8. The molecule has 0 amide bonds. The summed E-state index contributed by atoms with van der Waals surface area (Å²) >= 11 is 0. The normalized spacial score (nSPS) is 12.5. The fourth-order valence-corrected chi connectivity index (χ4v) is 12.5. The van der Waals surface area contributed by atoms with E-state index >= 15 is 0 Å². The standard InChI is InChI=1S/C60H60N2Si2/c1-39(2)53-37-57(61(43-25-29-45(30-26-43)63(5,6)7)55-23-15-19-41-17-11-13-21-47(41)55)51-36-34-50-54(40(3)4)38-58(52-35-33-49(53)59(51)60(50)52)62(44-27-31-46(32-28-44)64(8,9)10)56-24-16-20-42-18-12-14-22-48(42)56/h11-40H,1-10H3. The van der Waals surface area contributed by atoms with Crippen molar-refractivity contribution < 1.29 is 0 Å². The van der Waals surface area contributed by atoms with E-state index in [1.165, 1.54) is 109 Å². The molecule has 10 aromatic rings. The molecule has 0 saturated heterocycles. The van der Waals surface area contributed by atoms with E-state index in [9.17, 15) is 0 Å². The Morgan fingerprint density at radius 3 is 1.03 bits per heavy atom. The molecular formula is C60H60N2Si2. The lowest BCUT2D eigenvalue weighted by molar-refractivity contribution is 0.875. The summed E-state index contributed by atoms with van der Waals surface area (Å²) in [6.07, 6.45) is 0. The maximum Gasteiger partial charge on any atom is 0.0775 e. The Morgan fingerprint density at radius 1 is 0.328 bits per heavy atom. The van der Waals surface area contributed by atoms with Crippen LogP contribution in [0.25, 0.3) is 53.9 Å². The van der Waals surface area contributed by atoms with E-state index in [4.69, 9.17) is 0 Å². The summed E-state index contributed by atoms with van der Waals surface area (Å²) in [4.78, 5) is 5.11. The predicted octanol–water partition coefficient (Wildman–Crippen LogP) is 17.2. The molecule has 0 saturated carbocycles. The quantitative estimate of drug-likeness (QED) is 0.0998. The van der Waals surface area contributed by atoms with Gasteiger partial charge in [0.05, 0.1) is 38.9 Å². The smallest absolute Gasteiger partial charge is 0.0775 e. The van der Waals surface area contributed by atoms with Crippen molar-refractivity contribution in [3.8, 4) is 0 Å². The Balaban J connectivity index is 1.33. The van der Waals surface area contributed by atoms with E-state index in [2.05, 4.69) is 247 Å². The van der Waals surface area contributed by atoms with Crippen LogP contribution in [0.2, 0.25) is 39.3 Å². The number of benzene rings is 10. The van der Waals surface area contributed by atoms with Gasteiger partial charge in [-0.1, -0.05) is 199 Å². The van der Waals surface area contributed by atoms with E-state index < -0.39 is 16.1 Å². The Bertz CT molecular complexity index is 3110. The zero-order valence-corrected chi connectivity index (χ0v) is 41.2. The van der Waals surface area contributed by atoms with Gasteiger partial charge >= 0.3 is 0 Å². The lowest BCUT2D eigenvalue weighted by Crippen LogP contribution is -2.37. The average molecular weight is 865 g/mol. The van der Waals surface area contributed by atoms with Crippen molar-refractivity contribution in [2.24, 2.45) is 0 Å². The van der Waals surface area contributed by atoms with Gasteiger partial charge in [0.1, 0.15) is 0 Å². The number of nitrogens with zero attached hydrogens (tertiary/aromatic N) is 2. The molecule has 2 nitrogen and oxygen atoms in total. The molecule has 64 heavy (non-hydrogen) atoms. The minimum absolute atomic E-state index is 0.299. The Morgan fingerprint density at radius 2 is 0.672 bits per heavy atom. The number of hydrogen-bond donors (Lipinski definition) is 0. The summed E-state index contributed by atoms with van der Waals surface area (Å²) in [6.45, 7) is 24.0. The molecule has 0 bridgehead atoms. The lowest BCUT2D eigenvalue weighted by atomic mass is 9.84. The van der Waals surface area contributed by atoms with Crippen LogP contribution in [-0.4, -0.2) is 16.1 Å². The van der Waals surface area contributed by atoms with E-state index in [0.717, 1.165) is 0 Å². The fourth-order valence-electron chi connectivity index (χ4n) is 10.2. The summed E-state index contributed by atoms with van der Waals surface area (Å²) in [7, 11) is -3.06. The molecule has 10 aromatic carbocycles. The Hall–Kier alpha value is -6.21. The number of hydrogen-bond acceptors (Lipinski definition) is 2. The van der Waals surface area contributed by atoms with Crippen LogP contribution in [0.1, 0.15) is 50.7 Å². The molecule has 0 aliphatic rings. The maximum atomic E-state index is 2.56. The van der Waals surface area contributed by atoms with Gasteiger partial charge in [-0.3, -0.25) is 0 Å². The zero-order chi connectivity index (χ0) is 44.7. The topological polar surface area (TPSA) is 6.48 Å². The molecule has 0 aliphatic carbocycles. The summed E-state index contributed by atoms with van der Waals surface area (Å²) < 4.78 is 0. The van der Waals surface area contributed by atoms with Crippen LogP contribution in [0.15, 0.2) is 170 Å². The van der Waals surface area contributed by atoms with Crippen LogP contribution in [0.4, 0.5) is 34.1 Å². The van der Waals surface area contributed by atoms with Crippen molar-refractivity contribution in [3.63, 3.8) is 0 Å². The van der Waals surface area contributed by atoms with Gasteiger partial charge in [-0.15, -0.1) is 0 Å². The van der Waals surface area contributed by atoms with Crippen molar-refractivity contribution >= 4 is 115 Å². The van der Waals surface area contributed by atoms with Gasteiger partial charge in [0.25, 0.3) is 0 Å². The molecule has 0 heterocycles. The Kier molecular flexibility index (Phi) is 10.3. The van der Waals surface area contributed by atoms with Crippen molar-refractivity contribution in [1.82, 2.24) is 0 Å². The van der Waals surface area contributed by atoms with Crippen LogP contribution in [0.3, 0.4) is 0 Å². The van der Waals surface area contributed by atoms with Crippen LogP contribution in [-0.2, 0) is 0 Å². The highest BCUT2D eigenvalue weighted by Crippen LogP contribution is 2.52. The summed E-state index contributed by atoms with van der Waals surface area (Å²) in [5.74, 6) is 0.598. The second kappa shape index (κ2) is 15.8. The summed E-state index contributed by atoms with van der Waals surface area (Å²) in [5.41, 5.74) is 9.90. The zero-order valence-electron chi connectivity index (χ0n) is 39.2. The van der Waals surface area contributed by atoms with Gasteiger partial charge in [-0.25, -0.2) is 0 Å². The number of anilines is 6. The predicted molar refractivity (Wildman–Crippen MR) is 289 cm³/mol. The van der Waals surface area contributed by atoms with Crippen molar-refractivity contribution in [2.75, 3.05) is 9.80 Å². The van der Waals surface area contributed by atoms with Crippen LogP contribution >= 0.6 is 0 Å². The molecule has 0 fully saturated rings. The van der Waals surface area contributed by atoms with Crippen LogP contribution < -0.4 is 20.2 Å². The molecule has 318 valence electrons. The lowest BCUT2D eigenvalue weighted by Gasteiger charge is -2.32. The van der Waals surface area contributed by atoms with Crippen molar-refractivity contribution in [1.29, 1.82) is 0 Å². The van der Waals surface area contributed by atoms with Crippen molar-refractivity contribution in [3.05, 3.63) is 181 Å². The molecule has 0 aromatic heterocycles. The molecule has 0 radical (unpaired) electrons. The van der Waals surface area contributed by atoms with E-state index in [1.54, 1.807) is 0 Å². The fraction of sp³-hybridized carbons (Fsp3) is 0.200. The minimum Gasteiger partial charge on any atom is -0.309 e. The van der Waals surface area contributed by atoms with Gasteiger partial charge in [-0.2, -0.15) is 0 Å². The van der Waals surface area contributed by atoms with Crippen molar-refractivity contribution in [2.45, 2.75) is 78.8 Å². The van der Waals surface area contributed by atoms with E-state index in [0.29, 0.717) is 11.8 Å². The van der Waals surface area contributed by atoms with E-state index in [1.807, 2.05) is 0 Å². The van der Waals surface area contributed by atoms with Gasteiger partial charge in [-0.05, 0) is 104 Å². The second-order valence-electron chi connectivity index (χ2n) is 20.6. The molecular weight excluding hydrogens is 805 g/mol. The second-order valence-corrected chi connectivity index (χ2v) is 30.8. The van der Waals surface area contributed by atoms with Gasteiger partial charge in [0.15, 0.2) is 0 Å². The highest BCUT2D eigenvalue weighted by molar-refractivity contribution is 6.89. The first-order valence-electron chi connectivity index (χ1n) is 23.2. The molecule has 0 spiro atoms. The molecule has 4 heteroatoms. The minimum atomic E-state index is -1.53. The molecule has 0 atom stereocenters. The number of rotatable bonds is 10. The molecule has 10 rings (SSSR count). The number of fused-ring (bicyclic) bond motifs is 2. The highest BCUT2D eigenvalue weighted by atomic mass is 28.3. The largest absolute Gasteiger partial charge is 0.309 e. The molecule has 0 aliphatic heterocycles. The highest BCUT2D eigenvalue weighted by Gasteiger charge is 2.28. The van der Waals surface area contributed by atoms with Crippen LogP contribution in [0.5, 0.6) is 0 Å². The van der Waals surface area contributed by atoms with E-state index in [-0.39, 0.29) is 0 Å². The molecule has 0 unspecified atom stereocenters. The Labute approximate surface area is 382 Å². The first-order valence-corrected chi connectivity index (χ1v) is 30.2. The van der Waals surface area contributed by atoms with Crippen LogP contribution in [0, 0.1) is 0 Å². The van der Waals surface area contributed by atoms with Gasteiger partial charge < -0.3 is 9.80 Å².